The van der Waals surface area contributed by atoms with Crippen molar-refractivity contribution in [2.45, 2.75) is 84.5 Å². The van der Waals surface area contributed by atoms with Gasteiger partial charge >= 0.3 is 0 Å². The highest BCUT2D eigenvalue weighted by atomic mass is 32.2. The number of hydrogen-bond acceptors (Lipinski definition) is 3. The fraction of sp³-hybridized carbons (Fsp3) is 0.900. The Balaban J connectivity index is 0.000000352. The van der Waals surface area contributed by atoms with Crippen LogP contribution in [0.5, 0.6) is 0 Å². The molecular weight excluding hydrogens is 318 g/mol. The summed E-state index contributed by atoms with van der Waals surface area (Å²) < 4.78 is 0. The first-order valence-electron chi connectivity index (χ1n) is 9.85. The highest BCUT2D eigenvalue weighted by Crippen LogP contribution is 2.27. The van der Waals surface area contributed by atoms with Crippen LogP contribution in [-0.2, 0) is 9.59 Å². The van der Waals surface area contributed by atoms with Crippen LogP contribution in [0.1, 0.15) is 84.5 Å². The Morgan fingerprint density at radius 3 is 1.75 bits per heavy atom. The van der Waals surface area contributed by atoms with Gasteiger partial charge in [0, 0.05) is 12.8 Å². The Hall–Kier alpha value is -0.350. The second kappa shape index (κ2) is 17.5. The minimum Gasteiger partial charge on any atom is -0.346 e. The number of carbonyl (C=O) groups is 2. The quantitative estimate of drug-likeness (QED) is 0.781. The van der Waals surface area contributed by atoms with Gasteiger partial charge in [-0.2, -0.15) is 11.8 Å². The number of piperidine rings is 1. The fourth-order valence-corrected chi connectivity index (χ4v) is 3.52. The molecule has 0 aromatic rings. The first-order valence-corrected chi connectivity index (χ1v) is 11.2. The van der Waals surface area contributed by atoms with Crippen LogP contribution in [0.25, 0.3) is 0 Å². The molecule has 2 rings (SSSR count). The lowest BCUT2D eigenvalue weighted by Crippen LogP contribution is -2.85. The van der Waals surface area contributed by atoms with Crippen molar-refractivity contribution >= 4 is 23.3 Å². The summed E-state index contributed by atoms with van der Waals surface area (Å²) in [5.74, 6) is 2.48. The molecule has 0 spiro atoms. The molecule has 2 aliphatic rings. The molecule has 0 radical (unpaired) electrons. The number of rotatable bonds is 6. The molecule has 3 nitrogen and oxygen atoms in total. The number of carbonyl (C=O) groups excluding carboxylic acids is 2. The van der Waals surface area contributed by atoms with Gasteiger partial charge in [-0.25, -0.2) is 0 Å². The van der Waals surface area contributed by atoms with Gasteiger partial charge in [0.2, 0.25) is 0 Å². The number of nitrogens with two attached hydrogens (primary N) is 1. The minimum atomic E-state index is 0.286. The standard InChI is InChI=1S/C10H18O.C5H11N.C5H10OS/c1-9(11)7-8-10-5-3-2-4-6-10;1-2-4-6-5-3-1;1-5(6)3-4-7-2/h10H,2-8H2,1H3;6H,1-5H2;3-4H2,1-2H3/p+1. The molecule has 4 heteroatoms. The highest BCUT2D eigenvalue weighted by molar-refractivity contribution is 7.98. The molecule has 0 unspecified atom stereocenters. The van der Waals surface area contributed by atoms with Gasteiger partial charge in [-0.1, -0.05) is 32.1 Å². The van der Waals surface area contributed by atoms with Gasteiger partial charge in [0.05, 0.1) is 13.1 Å². The maximum atomic E-state index is 10.7. The van der Waals surface area contributed by atoms with E-state index in [9.17, 15) is 9.59 Å². The third-order valence-electron chi connectivity index (χ3n) is 4.60. The number of ketones is 2. The van der Waals surface area contributed by atoms with E-state index in [1.54, 1.807) is 25.6 Å². The van der Waals surface area contributed by atoms with E-state index in [2.05, 4.69) is 5.32 Å². The van der Waals surface area contributed by atoms with Crippen LogP contribution in [-0.4, -0.2) is 36.7 Å². The summed E-state index contributed by atoms with van der Waals surface area (Å²) in [5, 5.41) is 2.39. The van der Waals surface area contributed by atoms with E-state index < -0.39 is 0 Å². The predicted molar refractivity (Wildman–Crippen MR) is 106 cm³/mol. The molecule has 2 fully saturated rings. The summed E-state index contributed by atoms with van der Waals surface area (Å²) >= 11 is 1.71. The van der Waals surface area contributed by atoms with Crippen LogP contribution in [0, 0.1) is 5.92 Å². The summed E-state index contributed by atoms with van der Waals surface area (Å²) in [7, 11) is 0. The Morgan fingerprint density at radius 2 is 1.42 bits per heavy atom. The smallest absolute Gasteiger partial charge is 0.130 e. The molecule has 1 heterocycles. The molecule has 0 aromatic heterocycles. The number of hydrogen-bond donors (Lipinski definition) is 1. The maximum Gasteiger partial charge on any atom is 0.130 e. The van der Waals surface area contributed by atoms with Crippen molar-refractivity contribution in [1.29, 1.82) is 0 Å². The van der Waals surface area contributed by atoms with Gasteiger partial charge in [-0.05, 0) is 57.5 Å². The lowest BCUT2D eigenvalue weighted by atomic mass is 9.86. The van der Waals surface area contributed by atoms with Gasteiger partial charge in [-0.3, -0.25) is 4.79 Å². The van der Waals surface area contributed by atoms with Gasteiger partial charge in [0.1, 0.15) is 11.6 Å². The van der Waals surface area contributed by atoms with Gasteiger partial charge in [0.25, 0.3) is 0 Å². The van der Waals surface area contributed by atoms with Crippen molar-refractivity contribution in [3.63, 3.8) is 0 Å². The highest BCUT2D eigenvalue weighted by Gasteiger charge is 2.13. The van der Waals surface area contributed by atoms with E-state index in [4.69, 9.17) is 0 Å². The molecule has 1 saturated carbocycles. The zero-order chi connectivity index (χ0) is 18.0. The van der Waals surface area contributed by atoms with Crippen molar-refractivity contribution in [1.82, 2.24) is 0 Å². The van der Waals surface area contributed by atoms with Crippen molar-refractivity contribution in [3.8, 4) is 0 Å². The van der Waals surface area contributed by atoms with Crippen LogP contribution in [0.2, 0.25) is 0 Å². The first kappa shape index (κ1) is 23.6. The van der Waals surface area contributed by atoms with Crippen LogP contribution in [0.3, 0.4) is 0 Å². The van der Waals surface area contributed by atoms with Gasteiger partial charge in [-0.15, -0.1) is 0 Å². The summed E-state index contributed by atoms with van der Waals surface area (Å²) in [5.41, 5.74) is 0. The van der Waals surface area contributed by atoms with E-state index in [0.29, 0.717) is 5.78 Å². The maximum absolute atomic E-state index is 10.7. The number of quaternary nitrogens is 1. The van der Waals surface area contributed by atoms with E-state index in [-0.39, 0.29) is 5.78 Å². The molecule has 2 N–H and O–H groups in total. The van der Waals surface area contributed by atoms with E-state index >= 15 is 0 Å². The predicted octanol–water partition coefficient (Wildman–Crippen LogP) is 4.00. The van der Waals surface area contributed by atoms with Crippen LogP contribution in [0.4, 0.5) is 0 Å². The molecule has 1 saturated heterocycles. The van der Waals surface area contributed by atoms with Crippen molar-refractivity contribution < 1.29 is 14.9 Å². The Labute approximate surface area is 154 Å². The molecule has 0 aromatic carbocycles. The molecule has 1 aliphatic heterocycles. The normalized spacial score (nSPS) is 17.8. The van der Waals surface area contributed by atoms with Crippen LogP contribution >= 0.6 is 11.8 Å². The zero-order valence-corrected chi connectivity index (χ0v) is 17.1. The van der Waals surface area contributed by atoms with E-state index in [1.807, 2.05) is 6.26 Å². The molecule has 1 aliphatic carbocycles. The average molecular weight is 359 g/mol. The SMILES string of the molecule is C1CC[NH2+]CC1.CC(=O)CCC1CCCCC1.CSCCC(C)=O. The Morgan fingerprint density at radius 1 is 0.875 bits per heavy atom. The molecule has 0 amide bonds. The third kappa shape index (κ3) is 18.0. The molecule has 24 heavy (non-hydrogen) atoms. The lowest BCUT2D eigenvalue weighted by molar-refractivity contribution is -0.662. The molecule has 142 valence electrons. The van der Waals surface area contributed by atoms with Crippen molar-refractivity contribution in [3.05, 3.63) is 0 Å². The number of thioether (sulfide) groups is 1. The zero-order valence-electron chi connectivity index (χ0n) is 16.3. The van der Waals surface area contributed by atoms with Gasteiger partial charge in [0.15, 0.2) is 0 Å². The summed E-state index contributed by atoms with van der Waals surface area (Å²) in [6.45, 7) is 6.07. The summed E-state index contributed by atoms with van der Waals surface area (Å²) in [6, 6.07) is 0. The van der Waals surface area contributed by atoms with Crippen molar-refractivity contribution in [2.24, 2.45) is 5.92 Å². The number of Topliss-reactive ketones (excluding diaryl/α,β-unsaturated/α-hetero) is 2. The van der Waals surface area contributed by atoms with Crippen molar-refractivity contribution in [2.75, 3.05) is 25.1 Å². The Bertz CT molecular complexity index is 299. The van der Waals surface area contributed by atoms with Crippen LogP contribution in [0.15, 0.2) is 0 Å². The second-order valence-corrected chi connectivity index (χ2v) is 8.10. The van der Waals surface area contributed by atoms with Crippen LogP contribution < -0.4 is 5.32 Å². The van der Waals surface area contributed by atoms with E-state index in [0.717, 1.165) is 30.9 Å². The summed E-state index contributed by atoms with van der Waals surface area (Å²) in [6.07, 6.45) is 16.0. The topological polar surface area (TPSA) is 50.8 Å². The minimum absolute atomic E-state index is 0.286. The monoisotopic (exact) mass is 358 g/mol. The Kier molecular flexibility index (Phi) is 17.2. The average Bonchev–Trinajstić information content (AvgIpc) is 2.61. The third-order valence-corrected chi connectivity index (χ3v) is 5.22. The molecular formula is C20H40NO2S+. The molecule has 0 bridgehead atoms. The fourth-order valence-electron chi connectivity index (χ4n) is 3.03. The van der Waals surface area contributed by atoms with Gasteiger partial charge < -0.3 is 10.1 Å². The van der Waals surface area contributed by atoms with E-state index in [1.165, 1.54) is 64.5 Å². The first-order chi connectivity index (χ1) is 11.6. The molecule has 0 atom stereocenters. The lowest BCUT2D eigenvalue weighted by Gasteiger charge is -2.20. The summed E-state index contributed by atoms with van der Waals surface area (Å²) in [4.78, 5) is 20.9. The second-order valence-electron chi connectivity index (χ2n) is 7.12. The largest absolute Gasteiger partial charge is 0.346 e.